The molecule has 7 heteroatoms. The number of carbonyl (C=O) groups excluding carboxylic acids is 3. The molecule has 0 saturated heterocycles. The first-order valence-electron chi connectivity index (χ1n) is 9.71. The Labute approximate surface area is 190 Å². The molecular formula is C26H20O7. The van der Waals surface area contributed by atoms with Crippen molar-refractivity contribution in [3.8, 4) is 39.9 Å². The van der Waals surface area contributed by atoms with Crippen molar-refractivity contribution in [3.63, 3.8) is 0 Å². The molecule has 0 N–H and O–H groups in total. The molecule has 0 bridgehead atoms. The molecule has 0 saturated carbocycles. The molecule has 2 aromatic carbocycles. The van der Waals surface area contributed by atoms with E-state index in [0.717, 1.165) is 17.7 Å². The number of ether oxygens (including phenoxy) is 3. The molecule has 0 aliphatic rings. The third-order valence-corrected chi connectivity index (χ3v) is 4.24. The normalized spacial score (nSPS) is 10.1. The summed E-state index contributed by atoms with van der Waals surface area (Å²) in [4.78, 5) is 34.9. The van der Waals surface area contributed by atoms with Crippen molar-refractivity contribution in [2.45, 2.75) is 6.92 Å². The Hall–Kier alpha value is -4.65. The van der Waals surface area contributed by atoms with Gasteiger partial charge in [0, 0.05) is 34.9 Å². The van der Waals surface area contributed by atoms with E-state index in [1.807, 2.05) is 0 Å². The van der Waals surface area contributed by atoms with E-state index in [1.54, 1.807) is 48.5 Å². The summed E-state index contributed by atoms with van der Waals surface area (Å²) < 4.78 is 21.5. The predicted molar refractivity (Wildman–Crippen MR) is 122 cm³/mol. The molecule has 0 spiro atoms. The summed E-state index contributed by atoms with van der Waals surface area (Å²) >= 11 is 0. The molecule has 0 amide bonds. The van der Waals surface area contributed by atoms with E-state index in [9.17, 15) is 14.4 Å². The lowest BCUT2D eigenvalue weighted by Gasteiger charge is -2.09. The van der Waals surface area contributed by atoms with Crippen LogP contribution in [0.15, 0.2) is 96.5 Å². The van der Waals surface area contributed by atoms with Crippen molar-refractivity contribution >= 4 is 17.9 Å². The Morgan fingerprint density at radius 3 is 1.79 bits per heavy atom. The van der Waals surface area contributed by atoms with E-state index >= 15 is 0 Å². The van der Waals surface area contributed by atoms with Gasteiger partial charge < -0.3 is 18.6 Å². The summed E-state index contributed by atoms with van der Waals surface area (Å²) in [6.45, 7) is 11.8. The van der Waals surface area contributed by atoms with Crippen molar-refractivity contribution in [2.75, 3.05) is 0 Å². The highest BCUT2D eigenvalue weighted by molar-refractivity contribution is 5.89. The number of furan rings is 1. The van der Waals surface area contributed by atoms with Crippen LogP contribution in [0.1, 0.15) is 6.92 Å². The summed E-state index contributed by atoms with van der Waals surface area (Å²) in [5.41, 5.74) is 1.46. The lowest BCUT2D eigenvalue weighted by atomic mass is 10.1. The minimum Gasteiger partial charge on any atom is -0.456 e. The maximum absolute atomic E-state index is 11.9. The third-order valence-electron chi connectivity index (χ3n) is 4.24. The fraction of sp³-hybridized carbons (Fsp3) is 0.0385. The Morgan fingerprint density at radius 2 is 1.24 bits per heavy atom. The van der Waals surface area contributed by atoms with Gasteiger partial charge in [-0.05, 0) is 55.5 Å². The molecule has 3 rings (SSSR count). The van der Waals surface area contributed by atoms with Gasteiger partial charge in [0.25, 0.3) is 0 Å². The van der Waals surface area contributed by atoms with E-state index in [2.05, 4.69) is 19.7 Å². The Morgan fingerprint density at radius 1 is 0.727 bits per heavy atom. The number of carbonyl (C=O) groups is 3. The van der Waals surface area contributed by atoms with Crippen LogP contribution < -0.4 is 14.2 Å². The van der Waals surface area contributed by atoms with Crippen LogP contribution in [-0.4, -0.2) is 17.9 Å². The molecule has 0 unspecified atom stereocenters. The van der Waals surface area contributed by atoms with E-state index < -0.39 is 17.9 Å². The topological polar surface area (TPSA) is 92.0 Å². The van der Waals surface area contributed by atoms with Crippen LogP contribution in [0, 0.1) is 0 Å². The van der Waals surface area contributed by atoms with Crippen LogP contribution in [0.25, 0.3) is 22.6 Å². The summed E-state index contributed by atoms with van der Waals surface area (Å²) in [5.74, 6) is -0.185. The van der Waals surface area contributed by atoms with E-state index in [0.29, 0.717) is 22.8 Å². The second kappa shape index (κ2) is 10.1. The third kappa shape index (κ3) is 5.95. The Bertz CT molecular complexity index is 1250. The number of hydrogen-bond donors (Lipinski definition) is 0. The first kappa shape index (κ1) is 23.0. The van der Waals surface area contributed by atoms with Crippen LogP contribution in [0.5, 0.6) is 17.2 Å². The number of rotatable bonds is 8. The number of esters is 3. The van der Waals surface area contributed by atoms with Gasteiger partial charge in [-0.15, -0.1) is 0 Å². The van der Waals surface area contributed by atoms with Gasteiger partial charge in [0.1, 0.15) is 28.8 Å². The molecule has 0 radical (unpaired) electrons. The molecule has 0 atom stereocenters. The van der Waals surface area contributed by atoms with Crippen molar-refractivity contribution in [1.29, 1.82) is 0 Å². The van der Waals surface area contributed by atoms with Gasteiger partial charge in [-0.25, -0.2) is 14.4 Å². The molecule has 3 aromatic rings. The van der Waals surface area contributed by atoms with Crippen molar-refractivity contribution in [2.24, 2.45) is 0 Å². The van der Waals surface area contributed by atoms with E-state index in [4.69, 9.17) is 18.6 Å². The standard InChI is InChI=1S/C26H20O7/c1-5-24(27)30-19-9-7-17(8-10-19)22-11-12-23(33-22)18-13-20(31-25(28)6-2)15-21(14-18)32-26(29)16(3)4/h5-15H,1-3H2,4H3. The largest absolute Gasteiger partial charge is 0.456 e. The quantitative estimate of drug-likeness (QED) is 0.265. The predicted octanol–water partition coefficient (Wildman–Crippen LogP) is 5.28. The highest BCUT2D eigenvalue weighted by Gasteiger charge is 2.14. The monoisotopic (exact) mass is 444 g/mol. The number of benzene rings is 2. The zero-order valence-electron chi connectivity index (χ0n) is 17.8. The van der Waals surface area contributed by atoms with Crippen LogP contribution in [0.4, 0.5) is 0 Å². The second-order valence-corrected chi connectivity index (χ2v) is 6.80. The maximum atomic E-state index is 11.9. The van der Waals surface area contributed by atoms with E-state index in [-0.39, 0.29) is 17.1 Å². The average molecular weight is 444 g/mol. The highest BCUT2D eigenvalue weighted by Crippen LogP contribution is 2.34. The van der Waals surface area contributed by atoms with E-state index in [1.165, 1.54) is 13.0 Å². The maximum Gasteiger partial charge on any atom is 0.338 e. The molecule has 166 valence electrons. The molecule has 1 heterocycles. The summed E-state index contributed by atoms with van der Waals surface area (Å²) in [7, 11) is 0. The second-order valence-electron chi connectivity index (χ2n) is 6.80. The minimum absolute atomic E-state index is 0.147. The van der Waals surface area contributed by atoms with Crippen LogP contribution in [0.2, 0.25) is 0 Å². The Kier molecular flexibility index (Phi) is 7.05. The molecular weight excluding hydrogens is 424 g/mol. The SMILES string of the molecule is C=CC(=O)Oc1ccc(-c2ccc(-c3cc(OC(=O)C=C)cc(OC(=O)C(=C)C)c3)o2)cc1. The fourth-order valence-corrected chi connectivity index (χ4v) is 2.68. The molecule has 0 fully saturated rings. The van der Waals surface area contributed by atoms with Crippen LogP contribution in [0.3, 0.4) is 0 Å². The average Bonchev–Trinajstić information content (AvgIpc) is 3.29. The van der Waals surface area contributed by atoms with Crippen LogP contribution in [-0.2, 0) is 14.4 Å². The van der Waals surface area contributed by atoms with Gasteiger partial charge in [-0.3, -0.25) is 0 Å². The van der Waals surface area contributed by atoms with Gasteiger partial charge in [0.15, 0.2) is 0 Å². The smallest absolute Gasteiger partial charge is 0.338 e. The molecule has 7 nitrogen and oxygen atoms in total. The first-order chi connectivity index (χ1) is 15.8. The zero-order valence-corrected chi connectivity index (χ0v) is 17.8. The van der Waals surface area contributed by atoms with Gasteiger partial charge >= 0.3 is 17.9 Å². The van der Waals surface area contributed by atoms with Crippen molar-refractivity contribution in [1.82, 2.24) is 0 Å². The zero-order chi connectivity index (χ0) is 24.0. The van der Waals surface area contributed by atoms with Gasteiger partial charge in [0.05, 0.1) is 0 Å². The molecule has 0 aliphatic carbocycles. The summed E-state index contributed by atoms with van der Waals surface area (Å²) in [5, 5.41) is 0. The number of hydrogen-bond acceptors (Lipinski definition) is 7. The van der Waals surface area contributed by atoms with Gasteiger partial charge in [-0.1, -0.05) is 19.7 Å². The first-order valence-corrected chi connectivity index (χ1v) is 9.71. The molecule has 1 aromatic heterocycles. The summed E-state index contributed by atoms with van der Waals surface area (Å²) in [6.07, 6.45) is 2.10. The fourth-order valence-electron chi connectivity index (χ4n) is 2.68. The van der Waals surface area contributed by atoms with Gasteiger partial charge in [0.2, 0.25) is 0 Å². The molecule has 0 aliphatic heterocycles. The van der Waals surface area contributed by atoms with Crippen molar-refractivity contribution in [3.05, 3.63) is 92.1 Å². The van der Waals surface area contributed by atoms with Gasteiger partial charge in [-0.2, -0.15) is 0 Å². The lowest BCUT2D eigenvalue weighted by Crippen LogP contribution is -2.09. The van der Waals surface area contributed by atoms with Crippen molar-refractivity contribution < 1.29 is 33.0 Å². The molecule has 33 heavy (non-hydrogen) atoms. The lowest BCUT2D eigenvalue weighted by molar-refractivity contribution is -0.130. The van der Waals surface area contributed by atoms with Crippen LogP contribution >= 0.6 is 0 Å². The Balaban J connectivity index is 1.91. The highest BCUT2D eigenvalue weighted by atomic mass is 16.5. The summed E-state index contributed by atoms with van der Waals surface area (Å²) in [6, 6.07) is 14.7. The minimum atomic E-state index is -0.665.